The number of amides is 1. The molecule has 0 saturated heterocycles. The van der Waals surface area contributed by atoms with E-state index >= 15 is 0 Å². The molecule has 1 aromatic heterocycles. The van der Waals surface area contributed by atoms with Crippen molar-refractivity contribution < 1.29 is 4.79 Å². The summed E-state index contributed by atoms with van der Waals surface area (Å²) >= 11 is 0. The van der Waals surface area contributed by atoms with Gasteiger partial charge in [0, 0.05) is 24.8 Å². The first-order valence-corrected chi connectivity index (χ1v) is 4.69. The van der Waals surface area contributed by atoms with Gasteiger partial charge in [0.1, 0.15) is 11.8 Å². The monoisotopic (exact) mass is 203 g/mol. The van der Waals surface area contributed by atoms with E-state index in [1.807, 2.05) is 19.9 Å². The van der Waals surface area contributed by atoms with Crippen LogP contribution in [-0.2, 0) is 0 Å². The first-order valence-electron chi connectivity index (χ1n) is 4.69. The van der Waals surface area contributed by atoms with Crippen LogP contribution in [0.2, 0.25) is 0 Å². The predicted molar refractivity (Wildman–Crippen MR) is 56.2 cm³/mol. The molecule has 0 unspecified atom stereocenters. The molecule has 0 aliphatic heterocycles. The summed E-state index contributed by atoms with van der Waals surface area (Å²) in [6, 6.07) is 5.16. The lowest BCUT2D eigenvalue weighted by Crippen LogP contribution is -2.33. The molecule has 1 aromatic rings. The molecule has 1 heterocycles. The zero-order valence-corrected chi connectivity index (χ0v) is 9.06. The van der Waals surface area contributed by atoms with Crippen molar-refractivity contribution in [1.82, 2.24) is 9.88 Å². The third-order valence-corrected chi connectivity index (χ3v) is 2.22. The van der Waals surface area contributed by atoms with E-state index < -0.39 is 0 Å². The maximum Gasteiger partial charge on any atom is 0.253 e. The molecule has 1 amide bonds. The molecule has 0 aromatic carbocycles. The van der Waals surface area contributed by atoms with Crippen LogP contribution in [0.25, 0.3) is 0 Å². The van der Waals surface area contributed by atoms with Crippen molar-refractivity contribution in [3.8, 4) is 6.07 Å². The highest BCUT2D eigenvalue weighted by molar-refractivity contribution is 5.94. The Balaban J connectivity index is 2.97. The van der Waals surface area contributed by atoms with E-state index in [1.165, 1.54) is 12.3 Å². The summed E-state index contributed by atoms with van der Waals surface area (Å²) in [5, 5.41) is 8.65. The Hall–Kier alpha value is -1.89. The minimum atomic E-state index is -0.0936. The van der Waals surface area contributed by atoms with Crippen LogP contribution in [-0.4, -0.2) is 28.9 Å². The Morgan fingerprint density at radius 3 is 2.80 bits per heavy atom. The van der Waals surface area contributed by atoms with Gasteiger partial charge in [0.2, 0.25) is 0 Å². The zero-order valence-electron chi connectivity index (χ0n) is 9.06. The fourth-order valence-corrected chi connectivity index (χ4v) is 1.06. The molecule has 0 fully saturated rings. The van der Waals surface area contributed by atoms with Gasteiger partial charge in [0.25, 0.3) is 5.91 Å². The fraction of sp³-hybridized carbons (Fsp3) is 0.364. The van der Waals surface area contributed by atoms with Gasteiger partial charge in [-0.25, -0.2) is 4.98 Å². The Labute approximate surface area is 89.2 Å². The summed E-state index contributed by atoms with van der Waals surface area (Å²) in [7, 11) is 1.74. The summed E-state index contributed by atoms with van der Waals surface area (Å²) in [6.45, 7) is 3.87. The van der Waals surface area contributed by atoms with Crippen LogP contribution in [0.3, 0.4) is 0 Å². The SMILES string of the molecule is CC(C)N(C)C(=O)c1ccnc(C#N)c1. The second-order valence-electron chi connectivity index (χ2n) is 3.55. The molecule has 0 spiro atoms. The molecule has 15 heavy (non-hydrogen) atoms. The summed E-state index contributed by atoms with van der Waals surface area (Å²) in [4.78, 5) is 17.3. The highest BCUT2D eigenvalue weighted by atomic mass is 16.2. The summed E-state index contributed by atoms with van der Waals surface area (Å²) in [6.07, 6.45) is 1.47. The average Bonchev–Trinajstić information content (AvgIpc) is 2.27. The van der Waals surface area contributed by atoms with Gasteiger partial charge >= 0.3 is 0 Å². The number of pyridine rings is 1. The highest BCUT2D eigenvalue weighted by Crippen LogP contribution is 2.06. The minimum absolute atomic E-state index is 0.0936. The maximum atomic E-state index is 11.8. The number of carbonyl (C=O) groups is 1. The fourth-order valence-electron chi connectivity index (χ4n) is 1.06. The second-order valence-corrected chi connectivity index (χ2v) is 3.55. The van der Waals surface area contributed by atoms with Crippen LogP contribution in [0, 0.1) is 11.3 Å². The van der Waals surface area contributed by atoms with Gasteiger partial charge in [-0.3, -0.25) is 4.79 Å². The van der Waals surface area contributed by atoms with E-state index in [0.717, 1.165) is 0 Å². The summed E-state index contributed by atoms with van der Waals surface area (Å²) < 4.78 is 0. The molecule has 1 rings (SSSR count). The molecule has 0 aliphatic carbocycles. The van der Waals surface area contributed by atoms with E-state index in [1.54, 1.807) is 18.0 Å². The number of carbonyl (C=O) groups excluding carboxylic acids is 1. The third kappa shape index (κ3) is 2.53. The lowest BCUT2D eigenvalue weighted by atomic mass is 10.2. The van der Waals surface area contributed by atoms with Crippen LogP contribution in [0.5, 0.6) is 0 Å². The smallest absolute Gasteiger partial charge is 0.253 e. The Bertz CT molecular complexity index is 407. The van der Waals surface area contributed by atoms with Crippen molar-refractivity contribution in [3.05, 3.63) is 29.6 Å². The Morgan fingerprint density at radius 2 is 2.27 bits per heavy atom. The number of hydrogen-bond acceptors (Lipinski definition) is 3. The summed E-state index contributed by atoms with van der Waals surface area (Å²) in [5.41, 5.74) is 0.760. The van der Waals surface area contributed by atoms with Gasteiger partial charge in [-0.2, -0.15) is 5.26 Å². The number of aromatic nitrogens is 1. The van der Waals surface area contributed by atoms with Gasteiger partial charge in [-0.15, -0.1) is 0 Å². The molecule has 0 N–H and O–H groups in total. The number of nitrogens with zero attached hydrogens (tertiary/aromatic N) is 3. The molecule has 4 nitrogen and oxygen atoms in total. The first-order chi connectivity index (χ1) is 7.06. The third-order valence-electron chi connectivity index (χ3n) is 2.22. The number of nitriles is 1. The number of hydrogen-bond donors (Lipinski definition) is 0. The minimum Gasteiger partial charge on any atom is -0.339 e. The van der Waals surface area contributed by atoms with Crippen LogP contribution in [0.1, 0.15) is 29.9 Å². The molecule has 0 bridgehead atoms. The van der Waals surface area contributed by atoms with E-state index in [0.29, 0.717) is 5.56 Å². The highest BCUT2D eigenvalue weighted by Gasteiger charge is 2.14. The van der Waals surface area contributed by atoms with E-state index in [9.17, 15) is 4.79 Å². The van der Waals surface area contributed by atoms with Crippen molar-refractivity contribution in [1.29, 1.82) is 5.26 Å². The van der Waals surface area contributed by atoms with Gasteiger partial charge in [-0.05, 0) is 26.0 Å². The molecule has 0 aliphatic rings. The standard InChI is InChI=1S/C11H13N3O/c1-8(2)14(3)11(15)9-4-5-13-10(6-9)7-12/h4-6,8H,1-3H3. The van der Waals surface area contributed by atoms with E-state index in [-0.39, 0.29) is 17.6 Å². The number of rotatable bonds is 2. The molecule has 0 radical (unpaired) electrons. The van der Waals surface area contributed by atoms with Crippen LogP contribution < -0.4 is 0 Å². The second kappa shape index (κ2) is 4.56. The van der Waals surface area contributed by atoms with E-state index in [2.05, 4.69) is 4.98 Å². The van der Waals surface area contributed by atoms with Gasteiger partial charge in [0.15, 0.2) is 0 Å². The molecular weight excluding hydrogens is 190 g/mol. The predicted octanol–water partition coefficient (Wildman–Crippen LogP) is 1.43. The molecule has 0 saturated carbocycles. The van der Waals surface area contributed by atoms with Crippen molar-refractivity contribution in [2.24, 2.45) is 0 Å². The quantitative estimate of drug-likeness (QED) is 0.730. The zero-order chi connectivity index (χ0) is 11.4. The van der Waals surface area contributed by atoms with Crippen molar-refractivity contribution in [2.75, 3.05) is 7.05 Å². The Kier molecular flexibility index (Phi) is 3.40. The van der Waals surface area contributed by atoms with E-state index in [4.69, 9.17) is 5.26 Å². The van der Waals surface area contributed by atoms with Gasteiger partial charge in [0.05, 0.1) is 0 Å². The lowest BCUT2D eigenvalue weighted by Gasteiger charge is -2.21. The summed E-state index contributed by atoms with van der Waals surface area (Å²) in [5.74, 6) is -0.0936. The first kappa shape index (κ1) is 11.2. The largest absolute Gasteiger partial charge is 0.339 e. The Morgan fingerprint density at radius 1 is 1.60 bits per heavy atom. The maximum absolute atomic E-state index is 11.8. The molecule has 4 heteroatoms. The van der Waals surface area contributed by atoms with Crippen LogP contribution in [0.4, 0.5) is 0 Å². The average molecular weight is 203 g/mol. The van der Waals surface area contributed by atoms with Crippen molar-refractivity contribution in [2.45, 2.75) is 19.9 Å². The van der Waals surface area contributed by atoms with Gasteiger partial charge < -0.3 is 4.90 Å². The van der Waals surface area contributed by atoms with Crippen LogP contribution >= 0.6 is 0 Å². The van der Waals surface area contributed by atoms with Crippen molar-refractivity contribution in [3.63, 3.8) is 0 Å². The topological polar surface area (TPSA) is 57.0 Å². The molecule has 78 valence electrons. The lowest BCUT2D eigenvalue weighted by molar-refractivity contribution is 0.0755. The van der Waals surface area contributed by atoms with Crippen LogP contribution in [0.15, 0.2) is 18.3 Å². The normalized spacial score (nSPS) is 9.80. The molecule has 0 atom stereocenters. The van der Waals surface area contributed by atoms with Crippen molar-refractivity contribution >= 4 is 5.91 Å². The molecular formula is C11H13N3O. The van der Waals surface area contributed by atoms with Gasteiger partial charge in [-0.1, -0.05) is 0 Å².